The Morgan fingerprint density at radius 1 is 0.963 bits per heavy atom. The summed E-state index contributed by atoms with van der Waals surface area (Å²) in [5.74, 6) is 0. The van der Waals surface area contributed by atoms with E-state index in [4.69, 9.17) is 0 Å². The van der Waals surface area contributed by atoms with Gasteiger partial charge in [-0.1, -0.05) is 78.9 Å². The predicted octanol–water partition coefficient (Wildman–Crippen LogP) is 7.76. The summed E-state index contributed by atoms with van der Waals surface area (Å²) in [6.45, 7) is 12.9. The van der Waals surface area contributed by atoms with Crippen molar-refractivity contribution in [3.63, 3.8) is 0 Å². The van der Waals surface area contributed by atoms with E-state index in [1.807, 2.05) is 6.92 Å². The van der Waals surface area contributed by atoms with Crippen LogP contribution in [-0.2, 0) is 0 Å². The molecule has 2 aromatic carbocycles. The van der Waals surface area contributed by atoms with Crippen LogP contribution in [0, 0.1) is 13.8 Å². The molecule has 27 heavy (non-hydrogen) atoms. The molecule has 0 bridgehead atoms. The highest BCUT2D eigenvalue weighted by Crippen LogP contribution is 2.33. The monoisotopic (exact) mass is 352 g/mol. The normalized spacial score (nSPS) is 17.1. The highest BCUT2D eigenvalue weighted by atomic mass is 14.2. The zero-order valence-electron chi connectivity index (χ0n) is 16.8. The third-order valence-electron chi connectivity index (χ3n) is 5.09. The third-order valence-corrected chi connectivity index (χ3v) is 5.09. The molecule has 2 aromatic rings. The van der Waals surface area contributed by atoms with Gasteiger partial charge in [-0.3, -0.25) is 0 Å². The first kappa shape index (κ1) is 18.9. The fourth-order valence-corrected chi connectivity index (χ4v) is 3.63. The molecule has 0 heteroatoms. The first-order valence-corrected chi connectivity index (χ1v) is 9.56. The Morgan fingerprint density at radius 3 is 2.41 bits per heavy atom. The van der Waals surface area contributed by atoms with E-state index in [1.54, 1.807) is 0 Å². The maximum atomic E-state index is 4.34. The lowest BCUT2D eigenvalue weighted by molar-refractivity contribution is 1.20. The second-order valence-corrected chi connectivity index (χ2v) is 7.35. The lowest BCUT2D eigenvalue weighted by Gasteiger charge is -2.12. The first-order valence-electron chi connectivity index (χ1n) is 9.56. The van der Waals surface area contributed by atoms with Crippen molar-refractivity contribution in [1.82, 2.24) is 0 Å². The van der Waals surface area contributed by atoms with Crippen molar-refractivity contribution >= 4 is 5.57 Å². The van der Waals surface area contributed by atoms with Crippen molar-refractivity contribution in [2.75, 3.05) is 0 Å². The van der Waals surface area contributed by atoms with Crippen molar-refractivity contribution in [1.29, 1.82) is 0 Å². The average Bonchev–Trinajstić information content (AvgIpc) is 2.99. The van der Waals surface area contributed by atoms with Crippen molar-refractivity contribution < 1.29 is 0 Å². The van der Waals surface area contributed by atoms with Gasteiger partial charge in [-0.15, -0.1) is 0 Å². The van der Waals surface area contributed by atoms with Gasteiger partial charge in [-0.05, 0) is 84.7 Å². The molecule has 0 saturated heterocycles. The van der Waals surface area contributed by atoms with Crippen LogP contribution >= 0.6 is 0 Å². The molecule has 1 aliphatic carbocycles. The minimum atomic E-state index is 1.02. The van der Waals surface area contributed by atoms with Crippen molar-refractivity contribution in [2.24, 2.45) is 0 Å². The largest absolute Gasteiger partial charge is 0.0911 e. The quantitative estimate of drug-likeness (QED) is 0.527. The number of hydrogen-bond donors (Lipinski definition) is 0. The number of allylic oxidation sites excluding steroid dienone is 9. The zero-order chi connectivity index (χ0) is 19.4. The van der Waals surface area contributed by atoms with E-state index < -0.39 is 0 Å². The van der Waals surface area contributed by atoms with Gasteiger partial charge in [-0.25, -0.2) is 0 Å². The molecule has 0 nitrogen and oxygen atoms in total. The third kappa shape index (κ3) is 4.28. The van der Waals surface area contributed by atoms with Crippen LogP contribution in [0.5, 0.6) is 0 Å². The highest BCUT2D eigenvalue weighted by molar-refractivity contribution is 5.79. The van der Waals surface area contributed by atoms with Crippen molar-refractivity contribution in [2.45, 2.75) is 34.1 Å². The Hall–Kier alpha value is -2.86. The lowest BCUT2D eigenvalue weighted by atomic mass is 9.93. The topological polar surface area (TPSA) is 0 Å². The van der Waals surface area contributed by atoms with Gasteiger partial charge in [0.2, 0.25) is 0 Å². The molecule has 0 atom stereocenters. The molecule has 0 aromatic heterocycles. The second-order valence-electron chi connectivity index (χ2n) is 7.35. The van der Waals surface area contributed by atoms with E-state index in [0.29, 0.717) is 0 Å². The second kappa shape index (κ2) is 8.22. The van der Waals surface area contributed by atoms with Gasteiger partial charge in [0.1, 0.15) is 0 Å². The number of hydrogen-bond acceptors (Lipinski definition) is 0. The van der Waals surface area contributed by atoms with Crippen molar-refractivity contribution in [3.8, 4) is 11.1 Å². The van der Waals surface area contributed by atoms with Crippen LogP contribution in [0.4, 0.5) is 0 Å². The fraction of sp³-hybridized carbons (Fsp3) is 0.185. The van der Waals surface area contributed by atoms with Gasteiger partial charge in [0, 0.05) is 0 Å². The molecule has 0 heterocycles. The van der Waals surface area contributed by atoms with Gasteiger partial charge in [0.05, 0.1) is 0 Å². The standard InChI is InChI=1S/C27H28/c1-6-7-11-24-15-19(2)16-25(24)17-21(4)23-13-14-27(22(5)18-23)26-12-9-8-10-20(26)3/h6-14,16-18H,4,15H2,1-3,5H3/b7-6+,24-11-,25-17-. The maximum absolute atomic E-state index is 4.34. The highest BCUT2D eigenvalue weighted by Gasteiger charge is 2.13. The zero-order valence-corrected chi connectivity index (χ0v) is 16.8. The lowest BCUT2D eigenvalue weighted by Crippen LogP contribution is -1.90. The summed E-state index contributed by atoms with van der Waals surface area (Å²) in [7, 11) is 0. The molecule has 136 valence electrons. The molecule has 0 saturated carbocycles. The predicted molar refractivity (Wildman–Crippen MR) is 120 cm³/mol. The van der Waals surface area contributed by atoms with Gasteiger partial charge in [0.15, 0.2) is 0 Å². The van der Waals surface area contributed by atoms with Gasteiger partial charge in [0.25, 0.3) is 0 Å². The van der Waals surface area contributed by atoms with E-state index in [-0.39, 0.29) is 0 Å². The van der Waals surface area contributed by atoms with E-state index >= 15 is 0 Å². The molecule has 0 aliphatic heterocycles. The van der Waals surface area contributed by atoms with Crippen LogP contribution in [0.2, 0.25) is 0 Å². The molecule has 0 radical (unpaired) electrons. The Morgan fingerprint density at radius 2 is 1.70 bits per heavy atom. The molecule has 0 fully saturated rings. The summed E-state index contributed by atoms with van der Waals surface area (Å²) in [5.41, 5.74) is 11.5. The molecule has 0 unspecified atom stereocenters. The molecule has 0 spiro atoms. The summed E-state index contributed by atoms with van der Waals surface area (Å²) >= 11 is 0. The summed E-state index contributed by atoms with van der Waals surface area (Å²) < 4.78 is 0. The molecule has 0 N–H and O–H groups in total. The van der Waals surface area contributed by atoms with Gasteiger partial charge >= 0.3 is 0 Å². The smallest absolute Gasteiger partial charge is 0.00606 e. The Kier molecular flexibility index (Phi) is 5.76. The van der Waals surface area contributed by atoms with E-state index in [1.165, 1.54) is 44.5 Å². The van der Waals surface area contributed by atoms with E-state index in [0.717, 1.165) is 12.0 Å². The number of benzene rings is 2. The van der Waals surface area contributed by atoms with Crippen LogP contribution in [0.1, 0.15) is 37.0 Å². The van der Waals surface area contributed by atoms with Crippen LogP contribution in [-0.4, -0.2) is 0 Å². The van der Waals surface area contributed by atoms with Crippen molar-refractivity contribution in [3.05, 3.63) is 113 Å². The van der Waals surface area contributed by atoms with E-state index in [9.17, 15) is 0 Å². The number of aryl methyl sites for hydroxylation is 2. The fourth-order valence-electron chi connectivity index (χ4n) is 3.63. The summed E-state index contributed by atoms with van der Waals surface area (Å²) in [6, 6.07) is 15.2. The van der Waals surface area contributed by atoms with Gasteiger partial charge in [-0.2, -0.15) is 0 Å². The molecular weight excluding hydrogens is 324 g/mol. The minimum Gasteiger partial charge on any atom is -0.0911 e. The maximum Gasteiger partial charge on any atom is -0.00606 e. The van der Waals surface area contributed by atoms with Crippen LogP contribution in [0.25, 0.3) is 16.7 Å². The Bertz CT molecular complexity index is 990. The minimum absolute atomic E-state index is 1.02. The van der Waals surface area contributed by atoms with Crippen LogP contribution < -0.4 is 0 Å². The Balaban J connectivity index is 1.92. The summed E-state index contributed by atoms with van der Waals surface area (Å²) in [4.78, 5) is 0. The number of rotatable bonds is 4. The summed E-state index contributed by atoms with van der Waals surface area (Å²) in [5, 5.41) is 0. The average molecular weight is 353 g/mol. The van der Waals surface area contributed by atoms with E-state index in [2.05, 4.69) is 100 Å². The van der Waals surface area contributed by atoms with Crippen LogP contribution in [0.15, 0.2) is 96.1 Å². The molecular formula is C27H28. The summed E-state index contributed by atoms with van der Waals surface area (Å²) in [6.07, 6.45) is 11.9. The van der Waals surface area contributed by atoms with Crippen LogP contribution in [0.3, 0.4) is 0 Å². The molecule has 3 rings (SSSR count). The SMILES string of the molecule is C=C(/C=C1/C=C(C)C/C1=C/C=C/C)c1ccc(-c2ccccc2C)c(C)c1. The molecule has 0 amide bonds. The first-order chi connectivity index (χ1) is 13.0. The Labute approximate surface area is 164 Å². The molecule has 1 aliphatic rings. The van der Waals surface area contributed by atoms with Gasteiger partial charge < -0.3 is 0 Å².